The molecule has 9 nitrogen and oxygen atoms in total. The summed E-state index contributed by atoms with van der Waals surface area (Å²) in [4.78, 5) is 27.4. The van der Waals surface area contributed by atoms with Crippen molar-refractivity contribution in [2.24, 2.45) is 11.7 Å². The van der Waals surface area contributed by atoms with Crippen molar-refractivity contribution in [3.8, 4) is 0 Å². The molecule has 27 heavy (non-hydrogen) atoms. The maximum absolute atomic E-state index is 12.7. The predicted octanol–water partition coefficient (Wildman–Crippen LogP) is 1.17. The van der Waals surface area contributed by atoms with Crippen LogP contribution in [0.25, 0.3) is 0 Å². The molecule has 4 atom stereocenters. The zero-order valence-electron chi connectivity index (χ0n) is 16.4. The van der Waals surface area contributed by atoms with Gasteiger partial charge < -0.3 is 35.6 Å². The van der Waals surface area contributed by atoms with Crippen LogP contribution in [0.1, 0.15) is 52.9 Å². The quantitative estimate of drug-likeness (QED) is 0.520. The number of likely N-dealkylation sites (tertiary alicyclic amines) is 2. The van der Waals surface area contributed by atoms with Gasteiger partial charge in [-0.05, 0) is 46.5 Å². The average molecular weight is 387 g/mol. The molecule has 0 radical (unpaired) electrons. The summed E-state index contributed by atoms with van der Waals surface area (Å²) in [6.07, 6.45) is -0.278. The standard InChI is InChI=1S/C18H33N3O6/c1-17(2,3)27-16(26)20-8-4-6-13(20)12(11-22)18(10-14(19)23)7-5-9-21(18)15(24)25/h12-14,22-23H,4-11,19H2,1-3H3,(H,24,25). The van der Waals surface area contributed by atoms with Crippen LogP contribution in [0.4, 0.5) is 9.59 Å². The number of carbonyl (C=O) groups excluding carboxylic acids is 1. The topological polar surface area (TPSA) is 137 Å². The van der Waals surface area contributed by atoms with Gasteiger partial charge in [0.2, 0.25) is 0 Å². The lowest BCUT2D eigenvalue weighted by Crippen LogP contribution is -2.61. The maximum atomic E-state index is 12.7. The number of carboxylic acid groups (broad SMARTS) is 1. The van der Waals surface area contributed by atoms with Crippen LogP contribution in [0.3, 0.4) is 0 Å². The average Bonchev–Trinajstić information content (AvgIpc) is 3.13. The first-order chi connectivity index (χ1) is 12.5. The van der Waals surface area contributed by atoms with E-state index in [0.29, 0.717) is 32.4 Å². The number of hydrogen-bond donors (Lipinski definition) is 4. The van der Waals surface area contributed by atoms with Crippen LogP contribution < -0.4 is 5.73 Å². The molecule has 156 valence electrons. The first-order valence-electron chi connectivity index (χ1n) is 9.56. The van der Waals surface area contributed by atoms with Crippen molar-refractivity contribution in [2.75, 3.05) is 19.7 Å². The Morgan fingerprint density at radius 3 is 2.48 bits per heavy atom. The Kier molecular flexibility index (Phi) is 6.59. The molecule has 0 aliphatic carbocycles. The van der Waals surface area contributed by atoms with Crippen molar-refractivity contribution in [1.29, 1.82) is 0 Å². The molecule has 2 heterocycles. The third-order valence-electron chi connectivity index (χ3n) is 5.60. The minimum Gasteiger partial charge on any atom is -0.465 e. The summed E-state index contributed by atoms with van der Waals surface area (Å²) in [5, 5.41) is 29.8. The fourth-order valence-corrected chi connectivity index (χ4v) is 4.71. The second-order valence-electron chi connectivity index (χ2n) is 8.59. The zero-order valence-corrected chi connectivity index (χ0v) is 16.4. The number of amides is 2. The Morgan fingerprint density at radius 2 is 1.96 bits per heavy atom. The SMILES string of the molecule is CC(C)(C)OC(=O)N1CCCC1C(CO)C1(CC(N)O)CCCN1C(=O)O. The van der Waals surface area contributed by atoms with E-state index in [0.717, 1.165) is 6.42 Å². The highest BCUT2D eigenvalue weighted by Crippen LogP contribution is 2.44. The monoisotopic (exact) mass is 387 g/mol. The molecule has 0 bridgehead atoms. The number of carbonyl (C=O) groups is 2. The van der Waals surface area contributed by atoms with Crippen LogP contribution in [-0.4, -0.2) is 80.4 Å². The number of ether oxygens (including phenoxy) is 1. The molecular formula is C18H33N3O6. The fraction of sp³-hybridized carbons (Fsp3) is 0.889. The van der Waals surface area contributed by atoms with E-state index in [4.69, 9.17) is 10.5 Å². The molecular weight excluding hydrogens is 354 g/mol. The van der Waals surface area contributed by atoms with Gasteiger partial charge >= 0.3 is 12.2 Å². The van der Waals surface area contributed by atoms with E-state index in [-0.39, 0.29) is 19.1 Å². The van der Waals surface area contributed by atoms with E-state index in [1.807, 2.05) is 0 Å². The van der Waals surface area contributed by atoms with Crippen molar-refractivity contribution in [2.45, 2.75) is 76.3 Å². The molecule has 2 amide bonds. The van der Waals surface area contributed by atoms with Gasteiger partial charge in [0.15, 0.2) is 0 Å². The Hall–Kier alpha value is -1.58. The van der Waals surface area contributed by atoms with Crippen molar-refractivity contribution < 1.29 is 29.6 Å². The van der Waals surface area contributed by atoms with Gasteiger partial charge in [-0.15, -0.1) is 0 Å². The molecule has 4 unspecified atom stereocenters. The summed E-state index contributed by atoms with van der Waals surface area (Å²) in [6, 6.07) is -0.372. The third-order valence-corrected chi connectivity index (χ3v) is 5.60. The highest BCUT2D eigenvalue weighted by molar-refractivity contribution is 5.69. The van der Waals surface area contributed by atoms with Gasteiger partial charge in [0, 0.05) is 31.5 Å². The summed E-state index contributed by atoms with van der Waals surface area (Å²) in [5.74, 6) is -0.552. The zero-order chi connectivity index (χ0) is 20.4. The van der Waals surface area contributed by atoms with Crippen LogP contribution in [0, 0.1) is 5.92 Å². The summed E-state index contributed by atoms with van der Waals surface area (Å²) >= 11 is 0. The molecule has 2 aliphatic rings. The molecule has 2 fully saturated rings. The van der Waals surface area contributed by atoms with E-state index in [1.54, 1.807) is 25.7 Å². The first kappa shape index (κ1) is 21.7. The summed E-state index contributed by atoms with van der Waals surface area (Å²) in [7, 11) is 0. The molecule has 2 rings (SSSR count). The molecule has 0 spiro atoms. The Labute approximate surface area is 160 Å². The van der Waals surface area contributed by atoms with E-state index >= 15 is 0 Å². The Bertz CT molecular complexity index is 550. The van der Waals surface area contributed by atoms with Crippen LogP contribution in [-0.2, 0) is 4.74 Å². The molecule has 0 aromatic carbocycles. The summed E-state index contributed by atoms with van der Waals surface area (Å²) in [6.45, 7) is 5.86. The van der Waals surface area contributed by atoms with Crippen LogP contribution in [0.15, 0.2) is 0 Å². The maximum Gasteiger partial charge on any atom is 0.410 e. The number of hydrogen-bond acceptors (Lipinski definition) is 6. The smallest absolute Gasteiger partial charge is 0.410 e. The van der Waals surface area contributed by atoms with Crippen LogP contribution in [0.5, 0.6) is 0 Å². The normalized spacial score (nSPS) is 28.3. The van der Waals surface area contributed by atoms with Gasteiger partial charge in [-0.2, -0.15) is 0 Å². The highest BCUT2D eigenvalue weighted by Gasteiger charge is 2.54. The lowest BCUT2D eigenvalue weighted by molar-refractivity contribution is -0.0332. The summed E-state index contributed by atoms with van der Waals surface area (Å²) < 4.78 is 5.50. The van der Waals surface area contributed by atoms with E-state index in [2.05, 4.69) is 0 Å². The summed E-state index contributed by atoms with van der Waals surface area (Å²) in [5.41, 5.74) is 3.98. The van der Waals surface area contributed by atoms with Gasteiger partial charge in [0.25, 0.3) is 0 Å². The van der Waals surface area contributed by atoms with E-state index in [9.17, 15) is 24.9 Å². The molecule has 0 saturated carbocycles. The van der Waals surface area contributed by atoms with Gasteiger partial charge in [-0.3, -0.25) is 0 Å². The minimum absolute atomic E-state index is 0.0170. The van der Waals surface area contributed by atoms with E-state index in [1.165, 1.54) is 4.90 Å². The van der Waals surface area contributed by atoms with Crippen molar-refractivity contribution in [3.63, 3.8) is 0 Å². The first-order valence-corrected chi connectivity index (χ1v) is 9.56. The molecule has 0 aromatic heterocycles. The molecule has 0 aromatic rings. The number of nitrogens with zero attached hydrogens (tertiary/aromatic N) is 2. The largest absolute Gasteiger partial charge is 0.465 e. The molecule has 5 N–H and O–H groups in total. The van der Waals surface area contributed by atoms with Gasteiger partial charge in [0.1, 0.15) is 11.8 Å². The number of aliphatic hydroxyl groups is 2. The molecule has 9 heteroatoms. The van der Waals surface area contributed by atoms with Crippen LogP contribution in [0.2, 0.25) is 0 Å². The fourth-order valence-electron chi connectivity index (χ4n) is 4.71. The van der Waals surface area contributed by atoms with Crippen molar-refractivity contribution >= 4 is 12.2 Å². The second kappa shape index (κ2) is 8.20. The lowest BCUT2D eigenvalue weighted by atomic mass is 9.74. The van der Waals surface area contributed by atoms with Crippen LogP contribution >= 0.6 is 0 Å². The van der Waals surface area contributed by atoms with Gasteiger partial charge in [-0.25, -0.2) is 9.59 Å². The molecule has 2 aliphatic heterocycles. The Morgan fingerprint density at radius 1 is 1.30 bits per heavy atom. The number of aliphatic hydroxyl groups excluding tert-OH is 2. The van der Waals surface area contributed by atoms with E-state index < -0.39 is 35.5 Å². The van der Waals surface area contributed by atoms with Gasteiger partial charge in [-0.1, -0.05) is 0 Å². The van der Waals surface area contributed by atoms with Gasteiger partial charge in [0.05, 0.1) is 12.1 Å². The highest BCUT2D eigenvalue weighted by atomic mass is 16.6. The Balaban J connectivity index is 2.35. The molecule has 2 saturated heterocycles. The lowest BCUT2D eigenvalue weighted by Gasteiger charge is -2.47. The number of nitrogens with two attached hydrogens (primary N) is 1. The van der Waals surface area contributed by atoms with Crippen molar-refractivity contribution in [1.82, 2.24) is 9.80 Å². The minimum atomic E-state index is -1.21. The third kappa shape index (κ3) is 4.64. The second-order valence-corrected chi connectivity index (χ2v) is 8.59. The predicted molar refractivity (Wildman–Crippen MR) is 98.0 cm³/mol. The van der Waals surface area contributed by atoms with Crippen molar-refractivity contribution in [3.05, 3.63) is 0 Å². The number of rotatable bonds is 5.